The zero-order valence-corrected chi connectivity index (χ0v) is 81.0. The first kappa shape index (κ1) is 107. The van der Waals surface area contributed by atoms with Crippen LogP contribution in [0.4, 0.5) is 20.1 Å². The summed E-state index contributed by atoms with van der Waals surface area (Å²) in [6.07, 6.45) is -16.0. The van der Waals surface area contributed by atoms with Gasteiger partial charge in [0.15, 0.2) is 41.8 Å². The van der Waals surface area contributed by atoms with Crippen LogP contribution < -0.4 is 63.1 Å². The van der Waals surface area contributed by atoms with E-state index in [9.17, 15) is 68.7 Å². The Morgan fingerprint density at radius 3 is 2.11 bits per heavy atom. The number of Topliss-reactive ketones (excluding diaryl/α,β-unsaturated/α-hetero) is 1. The molecule has 132 heavy (non-hydrogen) atoms. The zero-order chi connectivity index (χ0) is 96.6. The number of nitrogens with two attached hydrogens (primary N) is 2. The number of hydrogen-bond donors (Lipinski definition) is 14. The topological polar surface area (TPSA) is 523 Å². The third-order valence-corrected chi connectivity index (χ3v) is 28.7. The van der Waals surface area contributed by atoms with E-state index in [1.165, 1.54) is 63.2 Å². The summed E-state index contributed by atoms with van der Waals surface area (Å²) in [6, 6.07) is 10.0. The summed E-state index contributed by atoms with van der Waals surface area (Å²) in [5, 5.41) is 74.2. The van der Waals surface area contributed by atoms with Gasteiger partial charge in [-0.2, -0.15) is 5.48 Å². The van der Waals surface area contributed by atoms with Gasteiger partial charge in [0.1, 0.15) is 61.4 Å². The molecule has 42 heteroatoms. The Hall–Kier alpha value is -8.43. The molecule has 2 bridgehead atoms. The molecule has 0 radical (unpaired) electrons. The number of primary amides is 1. The predicted octanol–water partition coefficient (Wildman–Crippen LogP) is 5.55. The van der Waals surface area contributed by atoms with Crippen LogP contribution in [0.2, 0.25) is 0 Å². The lowest BCUT2D eigenvalue weighted by Crippen LogP contribution is -2.65. The number of urea groups is 1. The number of halogens is 1. The van der Waals surface area contributed by atoms with Crippen LogP contribution in [0.25, 0.3) is 0 Å². The van der Waals surface area contributed by atoms with Gasteiger partial charge in [-0.3, -0.25) is 38.9 Å². The molecular formula is C90H123IN10O28S3. The molecule has 4 heterocycles. The van der Waals surface area contributed by atoms with Gasteiger partial charge in [0.2, 0.25) is 40.8 Å². The Balaban J connectivity index is 0.936. The molecule has 3 aromatic carbocycles. The summed E-state index contributed by atoms with van der Waals surface area (Å²) < 4.78 is 79.6. The molecule has 6 aliphatic rings. The van der Waals surface area contributed by atoms with Crippen LogP contribution in [0.15, 0.2) is 89.7 Å². The summed E-state index contributed by atoms with van der Waals surface area (Å²) in [6.45, 7) is 17.0. The van der Waals surface area contributed by atoms with Crippen LogP contribution in [0.1, 0.15) is 141 Å². The fourth-order valence-corrected chi connectivity index (χ4v) is 20.0. The number of hydrogen-bond acceptors (Lipinski definition) is 33. The number of anilines is 1. The van der Waals surface area contributed by atoms with Crippen LogP contribution in [0, 0.1) is 40.1 Å². The molecular weight excluding hydrogens is 1890 g/mol. The number of aliphatic hydroxyl groups is 5. The number of hydroxylamine groups is 1. The van der Waals surface area contributed by atoms with Crippen LogP contribution >= 0.6 is 55.9 Å². The Bertz CT molecular complexity index is 4720. The Labute approximate surface area is 793 Å². The highest BCUT2D eigenvalue weighted by Gasteiger charge is 2.53. The average Bonchev–Trinajstić information content (AvgIpc) is 0.708. The minimum absolute atomic E-state index is 0.0109. The molecule has 726 valence electrons. The van der Waals surface area contributed by atoms with E-state index in [1.54, 1.807) is 89.6 Å². The quantitative estimate of drug-likeness (QED) is 0.0109. The lowest BCUT2D eigenvalue weighted by Gasteiger charge is -2.47. The number of aliphatic hydroxyl groups excluding tert-OH is 4. The smallest absolute Gasteiger partial charge is 0.411 e. The number of methoxy groups -OCH3 is 5. The van der Waals surface area contributed by atoms with Crippen LogP contribution in [0.3, 0.4) is 0 Å². The normalized spacial score (nSPS) is 27.7. The van der Waals surface area contributed by atoms with Crippen molar-refractivity contribution in [3.8, 4) is 40.9 Å². The highest BCUT2D eigenvalue weighted by atomic mass is 127. The van der Waals surface area contributed by atoms with Gasteiger partial charge in [0.05, 0.1) is 97.0 Å². The number of alkyl carbamates (subject to hydrolysis) is 1. The van der Waals surface area contributed by atoms with Gasteiger partial charge in [-0.1, -0.05) is 119 Å². The summed E-state index contributed by atoms with van der Waals surface area (Å²) in [4.78, 5) is 130. The van der Waals surface area contributed by atoms with Crippen molar-refractivity contribution in [2.24, 2.45) is 17.4 Å². The number of likely N-dealkylation sites (N-methyl/N-ethyl adjacent to an activating group) is 1. The van der Waals surface area contributed by atoms with Crippen LogP contribution in [0.5, 0.6) is 17.2 Å². The SMILES string of the molecule is CCN(C(=O)OCc1ccc(NC(=O)[C@H](CCCNC(N)=O)NC(=O)[C@@H](NC(=O)[C@H](CCCCN)NC(C)=O)C(C)C)cc1)[C@H]1CO[C@@H](O[C@H]2[C@H](O[C@H]3C#C/C=C\C#C[C@]4(O)CC(=O)C(NC(=O)OC)=C3/C4=C\CSSC(C)(C)c3ccccc3)O[C@H](C)[C@@H](NO[C@H]3C[C@H](O)[C@H](SC(=O)c4c(C)c(I)c(O[C@@H]5O[C@@H](C)[C@H](O)[C@@H](OC)[C@H]5O)c(OC)c4OC)[C@@H](C)O3)[C@@H]2O)C[C@@H]1OC. The van der Waals surface area contributed by atoms with Crippen LogP contribution in [-0.4, -0.2) is 284 Å². The van der Waals surface area contributed by atoms with Gasteiger partial charge in [-0.25, -0.2) is 14.4 Å². The fourth-order valence-electron chi connectivity index (χ4n) is 15.8. The van der Waals surface area contributed by atoms with Crippen molar-refractivity contribution in [3.63, 3.8) is 0 Å². The summed E-state index contributed by atoms with van der Waals surface area (Å²) >= 11 is 2.76. The number of nitrogens with zero attached hydrogens (tertiary/aromatic N) is 1. The number of carbonyl (C=O) groups excluding carboxylic acids is 9. The van der Waals surface area contributed by atoms with Crippen molar-refractivity contribution in [1.29, 1.82) is 0 Å². The van der Waals surface area contributed by atoms with Gasteiger partial charge in [0, 0.05) is 74.4 Å². The minimum Gasteiger partial charge on any atom is -0.492 e. The lowest BCUT2D eigenvalue weighted by molar-refractivity contribution is -0.337. The van der Waals surface area contributed by atoms with E-state index < -0.39 is 203 Å². The van der Waals surface area contributed by atoms with Gasteiger partial charge >= 0.3 is 18.2 Å². The zero-order valence-electron chi connectivity index (χ0n) is 76.4. The number of amides is 8. The molecule has 0 saturated carbocycles. The minimum atomic E-state index is -2.21. The number of ether oxygens (including phenoxy) is 13. The maximum Gasteiger partial charge on any atom is 0.411 e. The monoisotopic (exact) mass is 2010 g/mol. The molecule has 8 amide bonds. The first-order valence-electron chi connectivity index (χ1n) is 43.3. The van der Waals surface area contributed by atoms with Crippen LogP contribution in [-0.2, 0) is 87.5 Å². The van der Waals surface area contributed by atoms with Gasteiger partial charge in [-0.05, 0) is 157 Å². The molecule has 0 spiro atoms. The number of allylic oxidation sites excluding steroid dienone is 3. The lowest BCUT2D eigenvalue weighted by atomic mass is 9.75. The van der Waals surface area contributed by atoms with Crippen molar-refractivity contribution in [1.82, 2.24) is 37.0 Å². The number of unbranched alkanes of at least 4 members (excludes halogenated alkanes) is 1. The molecule has 0 unspecified atom stereocenters. The second-order valence-corrected chi connectivity index (χ2v) is 38.2. The first-order chi connectivity index (χ1) is 62.9. The molecule has 38 nitrogen and oxygen atoms in total. The number of ketones is 1. The predicted molar refractivity (Wildman–Crippen MR) is 496 cm³/mol. The van der Waals surface area contributed by atoms with Gasteiger partial charge in [0.25, 0.3) is 0 Å². The Morgan fingerprint density at radius 1 is 0.773 bits per heavy atom. The molecule has 2 aliphatic carbocycles. The number of rotatable bonds is 41. The highest BCUT2D eigenvalue weighted by molar-refractivity contribution is 14.1. The van der Waals surface area contributed by atoms with E-state index in [0.29, 0.717) is 39.8 Å². The molecule has 4 aliphatic heterocycles. The van der Waals surface area contributed by atoms with Gasteiger partial charge < -0.3 is 130 Å². The van der Waals surface area contributed by atoms with Crippen molar-refractivity contribution >= 4 is 114 Å². The average molecular weight is 2020 g/mol. The molecule has 4 fully saturated rings. The second-order valence-electron chi connectivity index (χ2n) is 33.0. The molecule has 3 aromatic rings. The molecule has 4 saturated heterocycles. The van der Waals surface area contributed by atoms with E-state index in [1.807, 2.05) is 52.9 Å². The van der Waals surface area contributed by atoms with Crippen molar-refractivity contribution in [2.75, 3.05) is 72.9 Å². The van der Waals surface area contributed by atoms with Gasteiger partial charge in [-0.15, -0.1) is 0 Å². The Kier molecular flexibility index (Phi) is 41.0. The van der Waals surface area contributed by atoms with Crippen molar-refractivity contribution < 1.29 is 135 Å². The maximum absolute atomic E-state index is 14.7. The highest BCUT2D eigenvalue weighted by Crippen LogP contribution is 2.50. The molecule has 16 N–H and O–H groups in total. The summed E-state index contributed by atoms with van der Waals surface area (Å²) in [7, 11) is 9.53. The molecule has 22 atom stereocenters. The molecule has 9 rings (SSSR count). The van der Waals surface area contributed by atoms with E-state index >= 15 is 0 Å². The van der Waals surface area contributed by atoms with E-state index in [0.717, 1.165) is 24.4 Å². The van der Waals surface area contributed by atoms with E-state index in [-0.39, 0.29) is 104 Å². The number of thioether (sulfide) groups is 1. The van der Waals surface area contributed by atoms with Crippen molar-refractivity contribution in [2.45, 2.75) is 265 Å². The largest absolute Gasteiger partial charge is 0.492 e. The summed E-state index contributed by atoms with van der Waals surface area (Å²) in [5.41, 5.74) is 13.6. The maximum atomic E-state index is 14.7. The fraction of sp³-hybridized carbons (Fsp3) is 0.589. The number of nitrogens with one attached hydrogen (secondary N) is 7. The third-order valence-electron chi connectivity index (χ3n) is 22.9. The number of carbonyl (C=O) groups is 9. The van der Waals surface area contributed by atoms with E-state index in [4.69, 9.17) is 77.9 Å². The number of benzene rings is 3. The van der Waals surface area contributed by atoms with Crippen molar-refractivity contribution in [3.05, 3.63) is 115 Å². The van der Waals surface area contributed by atoms with E-state index in [2.05, 4.69) is 74.9 Å². The molecule has 0 aromatic heterocycles. The summed E-state index contributed by atoms with van der Waals surface area (Å²) in [5.74, 6) is 8.24. The Morgan fingerprint density at radius 2 is 1.46 bits per heavy atom. The third kappa shape index (κ3) is 27.9. The standard InChI is InChI=1S/C90H123IN10O28S3/c1-16-101(88(114)122-44-52-32-34-54(35-33-52)96-80(108)57(30-26-39-94-86(93)112)97-82(110)68(46(2)3)98-81(109)56(95-51(8)102)29-23-25-38-92)58-45-121-63(42-62(58)116-11)127-77-72(106)69(100-129-64-41-59(103)79(50(7)123-64)131-83(111)65-47(4)67(91)75(78(119-14)74(65)117-12)128-84-73(107)76(118-13)71(105)49(6)125-84)48(5)124-85(77)126-61-31-22-17-18-24-37-90(115)43-60(104)70(99-87(113)120-15)66(61)55(90)36-40-130-132-89(9,10)53-27-20-19-21-28-53/h17-21,27-28,32-36,46,48-50,56-59,61-64,68-69,71-73,76-77,79,84-85,100,103,105-107,115H,16,23,25-26,29-30,38-45,92H2,1-15H3,(H,95,102)(H,96,108)(H,97,110)(H,98,109)(H,99,113)(H3,93,94,112)/b18-17-,55-36+/t48-,49+,50-,56+,57+,58+,59+,61+,62+,63+,64+,68+,69-,71+,72+,73-,76-,77-,79-,84+,85+,90+/m1/s1. The first-order valence-corrected chi connectivity index (χ1v) is 47.6. The second kappa shape index (κ2) is 50.4. The number of fused-ring (bicyclic) bond motifs is 2.